The van der Waals surface area contributed by atoms with Gasteiger partial charge in [0.15, 0.2) is 0 Å². The van der Waals surface area contributed by atoms with E-state index in [0.717, 1.165) is 0 Å². The van der Waals surface area contributed by atoms with E-state index >= 15 is 0 Å². The molecule has 18 heavy (non-hydrogen) atoms. The van der Waals surface area contributed by atoms with Crippen LogP contribution in [0.1, 0.15) is 6.42 Å². The third kappa shape index (κ3) is 7.91. The molecule has 0 heterocycles. The molecule has 0 bridgehead atoms. The summed E-state index contributed by atoms with van der Waals surface area (Å²) in [5.74, 6) is -1.54. The van der Waals surface area contributed by atoms with Gasteiger partial charge < -0.3 is 29.8 Å². The molecule has 0 fully saturated rings. The minimum atomic E-state index is -4.69. The fourth-order valence-electron chi connectivity index (χ4n) is 1.30. The van der Waals surface area contributed by atoms with Crippen LogP contribution in [0.4, 0.5) is 0 Å². The van der Waals surface area contributed by atoms with E-state index in [1.165, 1.54) is 0 Å². The van der Waals surface area contributed by atoms with Crippen LogP contribution in [0.5, 0.6) is 0 Å². The van der Waals surface area contributed by atoms with Crippen molar-refractivity contribution in [1.82, 2.24) is 4.90 Å². The normalized spacial score (nSPS) is 14.8. The number of aliphatic carboxylic acids is 1. The van der Waals surface area contributed by atoms with Gasteiger partial charge >= 0.3 is 21.2 Å². The molecule has 6 N–H and O–H groups in total. The molecule has 1 atom stereocenters. The number of aliphatic hydroxyl groups is 1. The van der Waals surface area contributed by atoms with Gasteiger partial charge in [-0.15, -0.1) is 0 Å². The second kappa shape index (κ2) is 6.74. The molecule has 0 aromatic rings. The van der Waals surface area contributed by atoms with Gasteiger partial charge in [-0.1, -0.05) is 0 Å². The van der Waals surface area contributed by atoms with E-state index in [9.17, 15) is 13.9 Å². The summed E-state index contributed by atoms with van der Waals surface area (Å²) in [6, 6.07) is -1.59. The van der Waals surface area contributed by atoms with Gasteiger partial charge in [-0.3, -0.25) is 18.8 Å². The first-order valence-corrected chi connectivity index (χ1v) is 8.22. The molecule has 108 valence electrons. The summed E-state index contributed by atoms with van der Waals surface area (Å²) in [5, 5.41) is 17.5. The van der Waals surface area contributed by atoms with Crippen LogP contribution < -0.4 is 0 Å². The molecular weight excluding hydrogens is 292 g/mol. The molecule has 0 aliphatic heterocycles. The topological polar surface area (TPSA) is 176 Å². The van der Waals surface area contributed by atoms with Crippen LogP contribution >= 0.6 is 15.2 Å². The molecule has 10 nitrogen and oxygen atoms in total. The maximum Gasteiger partial charge on any atom is 0.339 e. The molecule has 0 amide bonds. The van der Waals surface area contributed by atoms with E-state index in [4.69, 9.17) is 29.8 Å². The molecule has 0 aliphatic carbocycles. The molecule has 0 spiro atoms. The van der Waals surface area contributed by atoms with Crippen LogP contribution in [-0.2, 0) is 13.9 Å². The van der Waals surface area contributed by atoms with Crippen LogP contribution in [-0.4, -0.2) is 65.9 Å². The lowest BCUT2D eigenvalue weighted by molar-refractivity contribution is -0.143. The molecule has 1 unspecified atom stereocenters. The van der Waals surface area contributed by atoms with Gasteiger partial charge in [0.2, 0.25) is 0 Å². The predicted molar refractivity (Wildman–Crippen MR) is 58.8 cm³/mol. The van der Waals surface area contributed by atoms with E-state index in [1.54, 1.807) is 0 Å². The van der Waals surface area contributed by atoms with Gasteiger partial charge in [0.05, 0.1) is 0 Å². The number of hydrogen-bond acceptors (Lipinski definition) is 5. The summed E-state index contributed by atoms with van der Waals surface area (Å²) in [6.45, 7) is -0.601. The largest absolute Gasteiger partial charge is 0.480 e. The first-order chi connectivity index (χ1) is 7.96. The number of aliphatic hydroxyl groups excluding tert-OH is 1. The Morgan fingerprint density at radius 2 is 1.44 bits per heavy atom. The molecule has 0 saturated carbocycles. The number of nitrogens with zero attached hydrogens (tertiary/aromatic N) is 1. The first-order valence-electron chi connectivity index (χ1n) is 4.63. The van der Waals surface area contributed by atoms with Crippen molar-refractivity contribution in [1.29, 1.82) is 0 Å². The first kappa shape index (κ1) is 17.7. The smallest absolute Gasteiger partial charge is 0.339 e. The summed E-state index contributed by atoms with van der Waals surface area (Å²) in [5.41, 5.74) is 0. The Kier molecular flexibility index (Phi) is 6.62. The SMILES string of the molecule is O=C(O)C(CCO)N(CP(=O)(O)O)CP(=O)(O)O. The molecule has 0 aromatic carbocycles. The Bertz CT molecular complexity index is 349. The van der Waals surface area contributed by atoms with Gasteiger partial charge in [0.25, 0.3) is 0 Å². The Morgan fingerprint density at radius 3 is 1.67 bits per heavy atom. The quantitative estimate of drug-likeness (QED) is 0.286. The Labute approximate surface area is 102 Å². The van der Waals surface area contributed by atoms with Gasteiger partial charge in [0.1, 0.15) is 18.6 Å². The third-order valence-corrected chi connectivity index (χ3v) is 3.32. The van der Waals surface area contributed by atoms with E-state index < -0.39 is 52.8 Å². The number of carbonyl (C=O) groups is 1. The number of rotatable bonds is 8. The molecule has 0 aliphatic rings. The van der Waals surface area contributed by atoms with Crippen LogP contribution in [0.15, 0.2) is 0 Å². The van der Waals surface area contributed by atoms with Gasteiger partial charge in [-0.2, -0.15) is 0 Å². The maximum absolute atomic E-state index is 10.8. The van der Waals surface area contributed by atoms with Crippen LogP contribution in [0.25, 0.3) is 0 Å². The maximum atomic E-state index is 10.8. The number of carboxylic acids is 1. The highest BCUT2D eigenvalue weighted by atomic mass is 31.2. The summed E-state index contributed by atoms with van der Waals surface area (Å²) in [4.78, 5) is 46.3. The van der Waals surface area contributed by atoms with Gasteiger partial charge in [-0.25, -0.2) is 0 Å². The second-order valence-electron chi connectivity index (χ2n) is 3.57. The third-order valence-electron chi connectivity index (χ3n) is 1.86. The van der Waals surface area contributed by atoms with E-state index in [2.05, 4.69) is 0 Å². The monoisotopic (exact) mass is 307 g/mol. The van der Waals surface area contributed by atoms with Crippen molar-refractivity contribution in [3.63, 3.8) is 0 Å². The summed E-state index contributed by atoms with van der Waals surface area (Å²) in [7, 11) is -9.38. The lowest BCUT2D eigenvalue weighted by Gasteiger charge is -2.28. The average molecular weight is 307 g/mol. The molecule has 0 radical (unpaired) electrons. The van der Waals surface area contributed by atoms with E-state index in [1.807, 2.05) is 0 Å². The van der Waals surface area contributed by atoms with Crippen LogP contribution in [0, 0.1) is 0 Å². The molecular formula is C6H15NO9P2. The highest BCUT2D eigenvalue weighted by molar-refractivity contribution is 7.52. The van der Waals surface area contributed by atoms with Crippen molar-refractivity contribution in [3.8, 4) is 0 Å². The lowest BCUT2D eigenvalue weighted by Crippen LogP contribution is -2.42. The predicted octanol–water partition coefficient (Wildman–Crippen LogP) is -1.61. The lowest BCUT2D eigenvalue weighted by atomic mass is 10.2. The van der Waals surface area contributed by atoms with Crippen LogP contribution in [0.2, 0.25) is 0 Å². The van der Waals surface area contributed by atoms with E-state index in [-0.39, 0.29) is 0 Å². The van der Waals surface area contributed by atoms with Crippen LogP contribution in [0.3, 0.4) is 0 Å². The van der Waals surface area contributed by atoms with E-state index in [0.29, 0.717) is 4.90 Å². The van der Waals surface area contributed by atoms with Crippen molar-refractivity contribution in [2.45, 2.75) is 12.5 Å². The van der Waals surface area contributed by atoms with Gasteiger partial charge in [0, 0.05) is 6.61 Å². The zero-order valence-electron chi connectivity index (χ0n) is 9.16. The Balaban J connectivity index is 5.09. The van der Waals surface area contributed by atoms with Crippen molar-refractivity contribution >= 4 is 21.2 Å². The molecule has 12 heteroatoms. The molecule has 0 rings (SSSR count). The number of hydrogen-bond donors (Lipinski definition) is 6. The highest BCUT2D eigenvalue weighted by Crippen LogP contribution is 2.41. The summed E-state index contributed by atoms with van der Waals surface area (Å²) < 4.78 is 21.6. The summed E-state index contributed by atoms with van der Waals surface area (Å²) in [6.07, 6.45) is -2.64. The van der Waals surface area contributed by atoms with Crippen molar-refractivity contribution in [2.24, 2.45) is 0 Å². The molecule has 0 saturated heterocycles. The van der Waals surface area contributed by atoms with Crippen molar-refractivity contribution in [3.05, 3.63) is 0 Å². The van der Waals surface area contributed by atoms with Crippen molar-refractivity contribution in [2.75, 3.05) is 19.2 Å². The fourth-order valence-corrected chi connectivity index (χ4v) is 3.00. The van der Waals surface area contributed by atoms with Gasteiger partial charge in [-0.05, 0) is 6.42 Å². The number of carboxylic acid groups (broad SMARTS) is 1. The fraction of sp³-hybridized carbons (Fsp3) is 0.833. The highest BCUT2D eigenvalue weighted by Gasteiger charge is 2.34. The molecule has 0 aromatic heterocycles. The average Bonchev–Trinajstić information content (AvgIpc) is 2.07. The minimum Gasteiger partial charge on any atom is -0.480 e. The van der Waals surface area contributed by atoms with Crippen molar-refractivity contribution < 1.29 is 43.7 Å². The summed E-state index contributed by atoms with van der Waals surface area (Å²) >= 11 is 0. The zero-order valence-corrected chi connectivity index (χ0v) is 10.9. The standard InChI is InChI=1S/C6H15NO9P2/c8-2-1-5(6(9)10)7(3-17(11,12)13)4-18(14,15)16/h5,8H,1-4H2,(H,9,10)(H2,11,12,13)(H2,14,15,16). The zero-order chi connectivity index (χ0) is 14.6. The Hall–Kier alpha value is -0.310. The Morgan fingerprint density at radius 1 is 1.06 bits per heavy atom. The minimum absolute atomic E-state index is 0.407. The second-order valence-corrected chi connectivity index (χ2v) is 6.79.